The number of aromatic nitrogens is 2. The molecule has 4 aromatic rings. The summed E-state index contributed by atoms with van der Waals surface area (Å²) in [5.74, 6) is -0.650. The van der Waals surface area contributed by atoms with Gasteiger partial charge in [-0.2, -0.15) is 4.98 Å². The minimum Gasteiger partial charge on any atom is -0.612 e. The number of hydrogen-bond donors (Lipinski definition) is 2. The second-order valence-electron chi connectivity index (χ2n) is 6.75. The number of imidazole rings is 1. The first-order valence-electron chi connectivity index (χ1n) is 8.97. The van der Waals surface area contributed by atoms with E-state index >= 15 is 0 Å². The van der Waals surface area contributed by atoms with Crippen LogP contribution in [0.1, 0.15) is 15.9 Å². The number of aromatic amines is 1. The fourth-order valence-corrected chi connectivity index (χ4v) is 3.90. The number of aryl methyl sites for hydroxylation is 1. The van der Waals surface area contributed by atoms with Crippen molar-refractivity contribution in [3.63, 3.8) is 0 Å². The van der Waals surface area contributed by atoms with Crippen molar-refractivity contribution in [2.75, 3.05) is 6.26 Å². The molecule has 1 aromatic heterocycles. The number of benzene rings is 3. The molecule has 0 amide bonds. The highest BCUT2D eigenvalue weighted by molar-refractivity contribution is 7.90. The number of nitrogens with zero attached hydrogens (tertiary/aromatic N) is 1. The van der Waals surface area contributed by atoms with Gasteiger partial charge in [0.05, 0.1) is 21.6 Å². The van der Waals surface area contributed by atoms with E-state index in [0.29, 0.717) is 27.4 Å². The number of nitrogens with one attached hydrogen (secondary N) is 1. The average Bonchev–Trinajstić information content (AvgIpc) is 3.09. The molecular formula is C22H17ClN2O4S. The van der Waals surface area contributed by atoms with Crippen molar-refractivity contribution in [3.05, 3.63) is 70.7 Å². The minimum absolute atomic E-state index is 0.172. The maximum absolute atomic E-state index is 11.6. The summed E-state index contributed by atoms with van der Waals surface area (Å²) < 4.78 is 17.3. The SMILES string of the molecule is Cc1ccc(Oc2nc3cc(-c4ccc([S+](C)[O-])cc4)c(Cl)cc3[nH]2)cc1C(=O)O. The van der Waals surface area contributed by atoms with Crippen LogP contribution in [0.4, 0.5) is 0 Å². The van der Waals surface area contributed by atoms with Crippen LogP contribution in [-0.2, 0) is 11.2 Å². The van der Waals surface area contributed by atoms with Crippen LogP contribution in [0.15, 0.2) is 59.5 Å². The van der Waals surface area contributed by atoms with E-state index in [2.05, 4.69) is 9.97 Å². The zero-order valence-corrected chi connectivity index (χ0v) is 17.7. The number of halogens is 1. The Labute approximate surface area is 180 Å². The van der Waals surface area contributed by atoms with Crippen LogP contribution in [0.3, 0.4) is 0 Å². The van der Waals surface area contributed by atoms with Gasteiger partial charge in [0, 0.05) is 5.56 Å². The maximum atomic E-state index is 11.6. The lowest BCUT2D eigenvalue weighted by Crippen LogP contribution is -2.00. The summed E-state index contributed by atoms with van der Waals surface area (Å²) in [5.41, 5.74) is 3.83. The number of H-pyrrole nitrogens is 1. The predicted molar refractivity (Wildman–Crippen MR) is 117 cm³/mol. The fraction of sp³-hybridized carbons (Fsp3) is 0.0909. The normalized spacial score (nSPS) is 12.1. The average molecular weight is 441 g/mol. The third-order valence-electron chi connectivity index (χ3n) is 4.70. The lowest BCUT2D eigenvalue weighted by Gasteiger charge is -2.07. The zero-order valence-electron chi connectivity index (χ0n) is 16.1. The highest BCUT2D eigenvalue weighted by atomic mass is 35.5. The van der Waals surface area contributed by atoms with E-state index in [1.807, 2.05) is 30.3 Å². The number of fused-ring (bicyclic) bond motifs is 1. The van der Waals surface area contributed by atoms with Gasteiger partial charge in [0.2, 0.25) is 0 Å². The molecule has 152 valence electrons. The molecule has 0 aliphatic heterocycles. The van der Waals surface area contributed by atoms with Gasteiger partial charge < -0.3 is 19.4 Å². The van der Waals surface area contributed by atoms with E-state index in [-0.39, 0.29) is 11.6 Å². The van der Waals surface area contributed by atoms with E-state index in [4.69, 9.17) is 16.3 Å². The second kappa shape index (κ2) is 8.02. The molecule has 0 saturated carbocycles. The Balaban J connectivity index is 1.67. The molecule has 8 heteroatoms. The fourth-order valence-electron chi connectivity index (χ4n) is 3.11. The van der Waals surface area contributed by atoms with E-state index in [0.717, 1.165) is 16.0 Å². The molecule has 6 nitrogen and oxygen atoms in total. The van der Waals surface area contributed by atoms with Crippen LogP contribution in [-0.4, -0.2) is 31.9 Å². The number of carboxylic acids is 1. The summed E-state index contributed by atoms with van der Waals surface area (Å²) in [7, 11) is 0. The van der Waals surface area contributed by atoms with Gasteiger partial charge in [-0.25, -0.2) is 4.79 Å². The number of carbonyl (C=O) groups is 1. The van der Waals surface area contributed by atoms with Crippen LogP contribution >= 0.6 is 11.6 Å². The van der Waals surface area contributed by atoms with E-state index in [1.165, 1.54) is 6.07 Å². The van der Waals surface area contributed by atoms with Crippen molar-refractivity contribution in [2.45, 2.75) is 11.8 Å². The first-order chi connectivity index (χ1) is 14.3. The van der Waals surface area contributed by atoms with Crippen molar-refractivity contribution in [1.29, 1.82) is 0 Å². The summed E-state index contributed by atoms with van der Waals surface area (Å²) in [6, 6.07) is 16.0. The maximum Gasteiger partial charge on any atom is 0.336 e. The van der Waals surface area contributed by atoms with Crippen molar-refractivity contribution in [2.24, 2.45) is 0 Å². The summed E-state index contributed by atoms with van der Waals surface area (Å²) in [5, 5.41) is 9.81. The zero-order chi connectivity index (χ0) is 21.4. The third-order valence-corrected chi connectivity index (χ3v) is 5.95. The largest absolute Gasteiger partial charge is 0.612 e. The first kappa shape index (κ1) is 20.3. The molecule has 0 bridgehead atoms. The molecule has 0 saturated heterocycles. The topological polar surface area (TPSA) is 98.3 Å². The minimum atomic E-state index is -1.05. The first-order valence-corrected chi connectivity index (χ1v) is 10.9. The molecule has 1 heterocycles. The van der Waals surface area contributed by atoms with Crippen molar-refractivity contribution in [1.82, 2.24) is 9.97 Å². The highest BCUT2D eigenvalue weighted by Crippen LogP contribution is 2.33. The van der Waals surface area contributed by atoms with Gasteiger partial charge in [-0.05, 0) is 77.8 Å². The summed E-state index contributed by atoms with van der Waals surface area (Å²) in [6.07, 6.45) is 1.63. The van der Waals surface area contributed by atoms with Gasteiger partial charge >= 0.3 is 5.97 Å². The van der Waals surface area contributed by atoms with Gasteiger partial charge in [-0.1, -0.05) is 17.7 Å². The third kappa shape index (κ3) is 4.00. The molecule has 1 unspecified atom stereocenters. The van der Waals surface area contributed by atoms with Crippen LogP contribution in [0.2, 0.25) is 5.02 Å². The molecule has 0 spiro atoms. The second-order valence-corrected chi connectivity index (χ2v) is 8.54. The van der Waals surface area contributed by atoms with Crippen LogP contribution < -0.4 is 4.74 Å². The predicted octanol–water partition coefficient (Wildman–Crippen LogP) is 5.42. The number of hydrogen-bond acceptors (Lipinski definition) is 4. The van der Waals surface area contributed by atoms with E-state index < -0.39 is 17.1 Å². The Bertz CT molecular complexity index is 1250. The Kier molecular flexibility index (Phi) is 5.42. The molecule has 0 fully saturated rings. The standard InChI is InChI=1S/C22H17ClN2O4S/c1-12-3-6-14(9-16(12)21(26)27)29-22-24-19-10-17(18(23)11-20(19)25-22)13-4-7-15(8-5-13)30(2)28/h3-11H,1-2H3,(H,24,25)(H,26,27). The molecule has 2 N–H and O–H groups in total. The van der Waals surface area contributed by atoms with Gasteiger partial charge in [0.1, 0.15) is 12.0 Å². The number of rotatable bonds is 5. The quantitative estimate of drug-likeness (QED) is 0.404. The summed E-state index contributed by atoms with van der Waals surface area (Å²) in [6.45, 7) is 1.72. The van der Waals surface area contributed by atoms with Gasteiger partial charge in [0.15, 0.2) is 4.90 Å². The van der Waals surface area contributed by atoms with Crippen LogP contribution in [0.5, 0.6) is 11.8 Å². The monoisotopic (exact) mass is 440 g/mol. The smallest absolute Gasteiger partial charge is 0.336 e. The number of ether oxygens (including phenoxy) is 1. The van der Waals surface area contributed by atoms with Gasteiger partial charge in [-0.3, -0.25) is 0 Å². The number of aromatic carboxylic acids is 1. The Morgan fingerprint density at radius 1 is 1.17 bits per heavy atom. The lowest BCUT2D eigenvalue weighted by atomic mass is 10.1. The van der Waals surface area contributed by atoms with Crippen LogP contribution in [0, 0.1) is 6.92 Å². The number of carboxylic acid groups (broad SMARTS) is 1. The van der Waals surface area contributed by atoms with Crippen molar-refractivity contribution < 1.29 is 19.2 Å². The Morgan fingerprint density at radius 2 is 1.90 bits per heavy atom. The van der Waals surface area contributed by atoms with E-state index in [9.17, 15) is 14.5 Å². The Hall–Kier alpha value is -3.00. The summed E-state index contributed by atoms with van der Waals surface area (Å²) in [4.78, 5) is 19.6. The van der Waals surface area contributed by atoms with Crippen molar-refractivity contribution >= 4 is 39.8 Å². The molecular weight excluding hydrogens is 424 g/mol. The molecule has 4 rings (SSSR count). The molecule has 30 heavy (non-hydrogen) atoms. The molecule has 0 aliphatic rings. The molecule has 0 aliphatic carbocycles. The molecule has 0 radical (unpaired) electrons. The van der Waals surface area contributed by atoms with E-state index in [1.54, 1.807) is 31.4 Å². The lowest BCUT2D eigenvalue weighted by molar-refractivity contribution is 0.0695. The highest BCUT2D eigenvalue weighted by Gasteiger charge is 2.13. The van der Waals surface area contributed by atoms with Crippen LogP contribution in [0.25, 0.3) is 22.2 Å². The van der Waals surface area contributed by atoms with Gasteiger partial charge in [-0.15, -0.1) is 0 Å². The molecule has 1 atom stereocenters. The van der Waals surface area contributed by atoms with Crippen molar-refractivity contribution in [3.8, 4) is 22.9 Å². The summed E-state index contributed by atoms with van der Waals surface area (Å²) >= 11 is 5.42. The Morgan fingerprint density at radius 3 is 2.57 bits per heavy atom. The van der Waals surface area contributed by atoms with Gasteiger partial charge in [0.25, 0.3) is 6.01 Å². The molecule has 3 aromatic carbocycles.